The molecule has 3 nitrogen and oxygen atoms in total. The van der Waals surface area contributed by atoms with Crippen LogP contribution in [0.2, 0.25) is 0 Å². The van der Waals surface area contributed by atoms with Crippen LogP contribution in [0.1, 0.15) is 39.0 Å². The third kappa shape index (κ3) is 4.11. The molecule has 18 heavy (non-hydrogen) atoms. The van der Waals surface area contributed by atoms with E-state index >= 15 is 0 Å². The van der Waals surface area contributed by atoms with E-state index in [2.05, 4.69) is 28.7 Å². The molecule has 0 radical (unpaired) electrons. The standard InChI is InChI=1S/C12H21N3S3/c1-3-13-9-7-5-4-6-8-10(9)17-12-15-14-11(16-2)18-12/h9-10,13H,3-8H2,1-2H3. The third-order valence-corrected chi connectivity index (χ3v) is 6.62. The van der Waals surface area contributed by atoms with Crippen LogP contribution >= 0.6 is 34.9 Å². The molecule has 1 fully saturated rings. The van der Waals surface area contributed by atoms with Crippen LogP contribution in [0.25, 0.3) is 0 Å². The first-order valence-electron chi connectivity index (χ1n) is 6.61. The van der Waals surface area contributed by atoms with Crippen LogP contribution in [-0.2, 0) is 0 Å². The summed E-state index contributed by atoms with van der Waals surface area (Å²) in [5.74, 6) is 0. The summed E-state index contributed by atoms with van der Waals surface area (Å²) in [5.41, 5.74) is 0. The molecule has 1 aromatic heterocycles. The first-order chi connectivity index (χ1) is 8.83. The summed E-state index contributed by atoms with van der Waals surface area (Å²) < 4.78 is 2.21. The van der Waals surface area contributed by atoms with Gasteiger partial charge in [-0.15, -0.1) is 10.2 Å². The molecule has 2 rings (SSSR count). The second kappa shape index (κ2) is 7.72. The molecule has 0 saturated heterocycles. The zero-order valence-electron chi connectivity index (χ0n) is 11.0. The Labute approximate surface area is 122 Å². The predicted molar refractivity (Wildman–Crippen MR) is 81.9 cm³/mol. The highest BCUT2D eigenvalue weighted by Crippen LogP contribution is 2.36. The number of hydrogen-bond donors (Lipinski definition) is 1. The van der Waals surface area contributed by atoms with Crippen LogP contribution in [-0.4, -0.2) is 34.3 Å². The van der Waals surface area contributed by atoms with E-state index in [9.17, 15) is 0 Å². The average Bonchev–Trinajstić information content (AvgIpc) is 2.72. The fourth-order valence-corrected chi connectivity index (χ4v) is 5.36. The van der Waals surface area contributed by atoms with Crippen LogP contribution < -0.4 is 5.32 Å². The van der Waals surface area contributed by atoms with Gasteiger partial charge in [-0.25, -0.2) is 0 Å². The van der Waals surface area contributed by atoms with Crippen LogP contribution in [0.4, 0.5) is 0 Å². The second-order valence-electron chi connectivity index (χ2n) is 4.50. The Hall–Kier alpha value is 0.220. The maximum Gasteiger partial charge on any atom is 0.175 e. The molecular formula is C12H21N3S3. The van der Waals surface area contributed by atoms with Crippen molar-refractivity contribution in [3.05, 3.63) is 0 Å². The highest BCUT2D eigenvalue weighted by Gasteiger charge is 2.25. The lowest BCUT2D eigenvalue weighted by molar-refractivity contribution is 0.482. The smallest absolute Gasteiger partial charge is 0.175 e. The number of hydrogen-bond acceptors (Lipinski definition) is 6. The van der Waals surface area contributed by atoms with E-state index in [4.69, 9.17) is 0 Å². The van der Waals surface area contributed by atoms with Crippen molar-refractivity contribution in [1.29, 1.82) is 0 Å². The summed E-state index contributed by atoms with van der Waals surface area (Å²) >= 11 is 5.34. The largest absolute Gasteiger partial charge is 0.313 e. The van der Waals surface area contributed by atoms with Crippen LogP contribution in [0.5, 0.6) is 0 Å². The van der Waals surface area contributed by atoms with Crippen LogP contribution in [0, 0.1) is 0 Å². The SMILES string of the molecule is CCNC1CCCCCC1Sc1nnc(SC)s1. The molecule has 2 atom stereocenters. The van der Waals surface area contributed by atoms with Gasteiger partial charge in [0.05, 0.1) is 0 Å². The Morgan fingerprint density at radius 2 is 2.00 bits per heavy atom. The van der Waals surface area contributed by atoms with Gasteiger partial charge in [0.15, 0.2) is 8.68 Å². The molecule has 102 valence electrons. The van der Waals surface area contributed by atoms with Gasteiger partial charge in [0.25, 0.3) is 0 Å². The van der Waals surface area contributed by atoms with Crippen molar-refractivity contribution in [3.8, 4) is 0 Å². The first-order valence-corrected chi connectivity index (χ1v) is 9.53. The van der Waals surface area contributed by atoms with Gasteiger partial charge >= 0.3 is 0 Å². The zero-order valence-corrected chi connectivity index (χ0v) is 13.5. The molecule has 1 heterocycles. The van der Waals surface area contributed by atoms with E-state index in [1.54, 1.807) is 23.1 Å². The Morgan fingerprint density at radius 3 is 2.72 bits per heavy atom. The summed E-state index contributed by atoms with van der Waals surface area (Å²) in [4.78, 5) is 0. The molecule has 1 aliphatic rings. The molecule has 2 unspecified atom stereocenters. The van der Waals surface area contributed by atoms with Crippen molar-refractivity contribution in [2.24, 2.45) is 0 Å². The monoisotopic (exact) mass is 303 g/mol. The third-order valence-electron chi connectivity index (χ3n) is 3.23. The van der Waals surface area contributed by atoms with Crippen molar-refractivity contribution in [2.75, 3.05) is 12.8 Å². The fourth-order valence-electron chi connectivity index (χ4n) is 2.37. The molecule has 1 aliphatic carbocycles. The fraction of sp³-hybridized carbons (Fsp3) is 0.833. The summed E-state index contributed by atoms with van der Waals surface area (Å²) in [6, 6.07) is 0.643. The van der Waals surface area contributed by atoms with Crippen LogP contribution in [0.3, 0.4) is 0 Å². The Morgan fingerprint density at radius 1 is 1.22 bits per heavy atom. The van der Waals surface area contributed by atoms with Crippen molar-refractivity contribution in [1.82, 2.24) is 15.5 Å². The Bertz CT molecular complexity index is 356. The minimum Gasteiger partial charge on any atom is -0.313 e. The molecule has 1 aromatic rings. The van der Waals surface area contributed by atoms with Gasteiger partial charge in [0, 0.05) is 11.3 Å². The summed E-state index contributed by atoms with van der Waals surface area (Å²) in [5, 5.41) is 12.8. The van der Waals surface area contributed by atoms with E-state index in [0.717, 1.165) is 15.2 Å². The van der Waals surface area contributed by atoms with Gasteiger partial charge < -0.3 is 5.32 Å². The maximum absolute atomic E-state index is 4.29. The second-order valence-corrected chi connectivity index (χ2v) is 8.01. The van der Waals surface area contributed by atoms with E-state index in [-0.39, 0.29) is 0 Å². The van der Waals surface area contributed by atoms with Gasteiger partial charge in [0.2, 0.25) is 0 Å². The van der Waals surface area contributed by atoms with E-state index < -0.39 is 0 Å². The van der Waals surface area contributed by atoms with E-state index in [1.807, 2.05) is 11.8 Å². The number of nitrogens with one attached hydrogen (secondary N) is 1. The predicted octanol–water partition coefficient (Wildman–Crippen LogP) is 3.66. The topological polar surface area (TPSA) is 37.8 Å². The molecule has 1 N–H and O–H groups in total. The van der Waals surface area contributed by atoms with Crippen molar-refractivity contribution < 1.29 is 0 Å². The normalized spacial score (nSPS) is 25.0. The molecular weight excluding hydrogens is 282 g/mol. The van der Waals surface area contributed by atoms with Gasteiger partial charge in [-0.2, -0.15) is 0 Å². The number of nitrogens with zero attached hydrogens (tertiary/aromatic N) is 2. The van der Waals surface area contributed by atoms with Gasteiger partial charge in [-0.1, -0.05) is 61.0 Å². The maximum atomic E-state index is 4.29. The van der Waals surface area contributed by atoms with Crippen molar-refractivity contribution in [2.45, 2.75) is 59.0 Å². The molecule has 6 heteroatoms. The Balaban J connectivity index is 1.98. The molecule has 0 aliphatic heterocycles. The first kappa shape index (κ1) is 14.6. The molecule has 0 amide bonds. The average molecular weight is 304 g/mol. The minimum atomic E-state index is 0.643. The van der Waals surface area contributed by atoms with Gasteiger partial charge in [-0.3, -0.25) is 0 Å². The van der Waals surface area contributed by atoms with E-state index in [1.165, 1.54) is 32.1 Å². The van der Waals surface area contributed by atoms with E-state index in [0.29, 0.717) is 11.3 Å². The molecule has 1 saturated carbocycles. The summed E-state index contributed by atoms with van der Waals surface area (Å²) in [6.45, 7) is 3.26. The Kier molecular flexibility index (Phi) is 6.28. The highest BCUT2D eigenvalue weighted by atomic mass is 32.2. The highest BCUT2D eigenvalue weighted by molar-refractivity contribution is 8.03. The number of thioether (sulfide) groups is 2. The lowest BCUT2D eigenvalue weighted by Crippen LogP contribution is -2.37. The molecule has 0 spiro atoms. The molecule has 0 aromatic carbocycles. The van der Waals surface area contributed by atoms with Gasteiger partial charge in [-0.05, 0) is 25.6 Å². The van der Waals surface area contributed by atoms with Gasteiger partial charge in [0.1, 0.15) is 0 Å². The zero-order chi connectivity index (χ0) is 12.8. The summed E-state index contributed by atoms with van der Waals surface area (Å²) in [6.07, 6.45) is 8.76. The minimum absolute atomic E-state index is 0.643. The van der Waals surface area contributed by atoms with Crippen molar-refractivity contribution >= 4 is 34.9 Å². The lowest BCUT2D eigenvalue weighted by atomic mass is 10.1. The summed E-state index contributed by atoms with van der Waals surface area (Å²) in [7, 11) is 0. The van der Waals surface area contributed by atoms with Crippen LogP contribution in [0.15, 0.2) is 8.68 Å². The molecule has 0 bridgehead atoms. The van der Waals surface area contributed by atoms with Crippen molar-refractivity contribution in [3.63, 3.8) is 0 Å². The number of aromatic nitrogens is 2. The number of rotatable bonds is 5. The quantitative estimate of drug-likeness (QED) is 0.664. The lowest BCUT2D eigenvalue weighted by Gasteiger charge is -2.24.